The van der Waals surface area contributed by atoms with Gasteiger partial charge >= 0.3 is 5.97 Å². The molecular weight excluding hydrogens is 372 g/mol. The molecule has 1 heterocycles. The summed E-state index contributed by atoms with van der Waals surface area (Å²) in [7, 11) is 3.79. The third kappa shape index (κ3) is 3.86. The van der Waals surface area contributed by atoms with Gasteiger partial charge in [-0.3, -0.25) is 19.3 Å². The Balaban J connectivity index is 1.88. The zero-order valence-corrected chi connectivity index (χ0v) is 16.7. The zero-order valence-electron chi connectivity index (χ0n) is 16.7. The van der Waals surface area contributed by atoms with E-state index in [-0.39, 0.29) is 18.9 Å². The predicted octanol–water partition coefficient (Wildman–Crippen LogP) is 2.12. The van der Waals surface area contributed by atoms with Crippen LogP contribution in [-0.4, -0.2) is 50.0 Å². The van der Waals surface area contributed by atoms with Gasteiger partial charge in [-0.05, 0) is 37.3 Å². The Morgan fingerprint density at radius 2 is 1.76 bits per heavy atom. The molecule has 0 bridgehead atoms. The highest BCUT2D eigenvalue weighted by Gasteiger charge is 2.51. The number of hydrogen-bond acceptors (Lipinski definition) is 6. The molecule has 0 spiro atoms. The standard InChI is InChI=1S/C22H24N2O5/c1-4-29-20(26)14-24-18-8-6-5-7-17(18)22(28,21(24)27)13-19(25)15-9-11-16(12-10-15)23(2)3/h5-12,28H,4,13-14H2,1-3H3. The summed E-state index contributed by atoms with van der Waals surface area (Å²) in [5.74, 6) is -1.64. The van der Waals surface area contributed by atoms with Crippen molar-refractivity contribution in [2.45, 2.75) is 18.9 Å². The second-order valence-electron chi connectivity index (χ2n) is 7.11. The maximum absolute atomic E-state index is 13.0. The molecule has 1 unspecified atom stereocenters. The summed E-state index contributed by atoms with van der Waals surface area (Å²) < 4.78 is 4.93. The molecule has 2 aromatic rings. The van der Waals surface area contributed by atoms with Crippen LogP contribution in [0.15, 0.2) is 48.5 Å². The molecule has 0 radical (unpaired) electrons. The molecule has 0 fully saturated rings. The van der Waals surface area contributed by atoms with Crippen LogP contribution in [0.2, 0.25) is 0 Å². The van der Waals surface area contributed by atoms with E-state index in [9.17, 15) is 19.5 Å². The van der Waals surface area contributed by atoms with Crippen molar-refractivity contribution in [3.63, 3.8) is 0 Å². The number of ketones is 1. The number of fused-ring (bicyclic) bond motifs is 1. The second kappa shape index (κ2) is 8.05. The molecule has 3 rings (SSSR count). The van der Waals surface area contributed by atoms with Gasteiger partial charge in [-0.2, -0.15) is 0 Å². The Kier molecular flexibility index (Phi) is 5.70. The first-order chi connectivity index (χ1) is 13.8. The van der Waals surface area contributed by atoms with E-state index in [2.05, 4.69) is 0 Å². The van der Waals surface area contributed by atoms with Gasteiger partial charge < -0.3 is 14.7 Å². The largest absolute Gasteiger partial charge is 0.465 e. The molecule has 1 N–H and O–H groups in total. The lowest BCUT2D eigenvalue weighted by molar-refractivity contribution is -0.144. The summed E-state index contributed by atoms with van der Waals surface area (Å²) >= 11 is 0. The first kappa shape index (κ1) is 20.5. The number of amides is 1. The quantitative estimate of drug-likeness (QED) is 0.570. The third-order valence-electron chi connectivity index (χ3n) is 4.95. The average molecular weight is 396 g/mol. The number of rotatable bonds is 7. The van der Waals surface area contributed by atoms with Crippen LogP contribution in [0.4, 0.5) is 11.4 Å². The van der Waals surface area contributed by atoms with Gasteiger partial charge in [0.2, 0.25) is 0 Å². The number of carbonyl (C=O) groups is 3. The van der Waals surface area contributed by atoms with Crippen molar-refractivity contribution in [1.82, 2.24) is 0 Å². The van der Waals surface area contributed by atoms with Crippen molar-refractivity contribution in [3.8, 4) is 0 Å². The Hall–Kier alpha value is -3.19. The fourth-order valence-electron chi connectivity index (χ4n) is 3.45. The monoisotopic (exact) mass is 396 g/mol. The number of Topliss-reactive ketones (excluding diaryl/α,β-unsaturated/α-hetero) is 1. The molecule has 152 valence electrons. The Morgan fingerprint density at radius 3 is 2.38 bits per heavy atom. The molecule has 29 heavy (non-hydrogen) atoms. The molecule has 1 amide bonds. The van der Waals surface area contributed by atoms with E-state index < -0.39 is 23.9 Å². The molecular formula is C22H24N2O5. The smallest absolute Gasteiger partial charge is 0.326 e. The molecule has 1 aliphatic rings. The molecule has 0 saturated carbocycles. The Labute approximate surface area is 169 Å². The molecule has 7 heteroatoms. The van der Waals surface area contributed by atoms with Crippen molar-refractivity contribution in [3.05, 3.63) is 59.7 Å². The summed E-state index contributed by atoms with van der Waals surface area (Å²) in [4.78, 5) is 40.9. The number of nitrogens with zero attached hydrogens (tertiary/aromatic N) is 2. The van der Waals surface area contributed by atoms with Crippen LogP contribution in [0.5, 0.6) is 0 Å². The number of para-hydroxylation sites is 1. The third-order valence-corrected chi connectivity index (χ3v) is 4.95. The Morgan fingerprint density at radius 1 is 1.10 bits per heavy atom. The second-order valence-corrected chi connectivity index (χ2v) is 7.11. The SMILES string of the molecule is CCOC(=O)CN1C(=O)C(O)(CC(=O)c2ccc(N(C)C)cc2)c2ccccc21. The number of aliphatic hydroxyl groups is 1. The van der Waals surface area contributed by atoms with Crippen LogP contribution < -0.4 is 9.80 Å². The first-order valence-corrected chi connectivity index (χ1v) is 9.38. The number of hydrogen-bond donors (Lipinski definition) is 1. The molecule has 0 aromatic heterocycles. The fraction of sp³-hybridized carbons (Fsp3) is 0.318. The van der Waals surface area contributed by atoms with E-state index in [0.717, 1.165) is 5.69 Å². The predicted molar refractivity (Wildman–Crippen MR) is 109 cm³/mol. The number of anilines is 2. The summed E-state index contributed by atoms with van der Waals surface area (Å²) in [5.41, 5.74) is 0.0260. The van der Waals surface area contributed by atoms with Gasteiger partial charge in [-0.15, -0.1) is 0 Å². The lowest BCUT2D eigenvalue weighted by Gasteiger charge is -2.22. The number of benzene rings is 2. The normalized spacial score (nSPS) is 17.8. The van der Waals surface area contributed by atoms with Gasteiger partial charge in [0.25, 0.3) is 5.91 Å². The van der Waals surface area contributed by atoms with Crippen molar-refractivity contribution in [2.24, 2.45) is 0 Å². The van der Waals surface area contributed by atoms with Crippen molar-refractivity contribution < 1.29 is 24.2 Å². The van der Waals surface area contributed by atoms with E-state index in [1.54, 1.807) is 55.5 Å². The molecule has 2 aromatic carbocycles. The number of esters is 1. The van der Waals surface area contributed by atoms with Gasteiger partial charge in [0.1, 0.15) is 6.54 Å². The van der Waals surface area contributed by atoms with Gasteiger partial charge in [-0.25, -0.2) is 0 Å². The minimum Gasteiger partial charge on any atom is -0.465 e. The lowest BCUT2D eigenvalue weighted by Crippen LogP contribution is -2.44. The summed E-state index contributed by atoms with van der Waals surface area (Å²) in [6.45, 7) is 1.54. The summed E-state index contributed by atoms with van der Waals surface area (Å²) in [6, 6.07) is 13.6. The van der Waals surface area contributed by atoms with Gasteiger partial charge in [0, 0.05) is 30.9 Å². The molecule has 0 aliphatic carbocycles. The molecule has 0 saturated heterocycles. The summed E-state index contributed by atoms with van der Waals surface area (Å²) in [5, 5.41) is 11.2. The molecule has 1 aliphatic heterocycles. The van der Waals surface area contributed by atoms with E-state index >= 15 is 0 Å². The van der Waals surface area contributed by atoms with E-state index in [0.29, 0.717) is 16.8 Å². The van der Waals surface area contributed by atoms with Crippen LogP contribution in [0.1, 0.15) is 29.3 Å². The van der Waals surface area contributed by atoms with Gasteiger partial charge in [-0.1, -0.05) is 18.2 Å². The first-order valence-electron chi connectivity index (χ1n) is 9.38. The van der Waals surface area contributed by atoms with Gasteiger partial charge in [0.15, 0.2) is 11.4 Å². The van der Waals surface area contributed by atoms with Crippen LogP contribution in [0, 0.1) is 0 Å². The van der Waals surface area contributed by atoms with Crippen molar-refractivity contribution >= 4 is 29.0 Å². The number of carbonyl (C=O) groups excluding carboxylic acids is 3. The number of ether oxygens (including phenoxy) is 1. The zero-order chi connectivity index (χ0) is 21.2. The van der Waals surface area contributed by atoms with Crippen LogP contribution >= 0.6 is 0 Å². The average Bonchev–Trinajstić information content (AvgIpc) is 2.90. The highest BCUT2D eigenvalue weighted by molar-refractivity contribution is 6.12. The molecule has 7 nitrogen and oxygen atoms in total. The minimum atomic E-state index is -2.03. The fourth-order valence-corrected chi connectivity index (χ4v) is 3.45. The van der Waals surface area contributed by atoms with Crippen LogP contribution in [0.25, 0.3) is 0 Å². The van der Waals surface area contributed by atoms with Crippen molar-refractivity contribution in [2.75, 3.05) is 37.0 Å². The minimum absolute atomic E-state index is 0.189. The molecule has 1 atom stereocenters. The maximum Gasteiger partial charge on any atom is 0.326 e. The highest BCUT2D eigenvalue weighted by Crippen LogP contribution is 2.42. The maximum atomic E-state index is 13.0. The van der Waals surface area contributed by atoms with Crippen LogP contribution in [-0.2, 0) is 19.9 Å². The topological polar surface area (TPSA) is 87.1 Å². The van der Waals surface area contributed by atoms with Crippen LogP contribution in [0.3, 0.4) is 0 Å². The summed E-state index contributed by atoms with van der Waals surface area (Å²) in [6.07, 6.45) is -0.413. The Bertz CT molecular complexity index is 938. The highest BCUT2D eigenvalue weighted by atomic mass is 16.5. The van der Waals surface area contributed by atoms with E-state index in [4.69, 9.17) is 4.74 Å². The lowest BCUT2D eigenvalue weighted by atomic mass is 9.88. The van der Waals surface area contributed by atoms with Gasteiger partial charge in [0.05, 0.1) is 18.7 Å². The van der Waals surface area contributed by atoms with E-state index in [1.165, 1.54) is 4.90 Å². The van der Waals surface area contributed by atoms with E-state index in [1.807, 2.05) is 19.0 Å². The van der Waals surface area contributed by atoms with Crippen molar-refractivity contribution in [1.29, 1.82) is 0 Å².